The fraction of sp³-hybridized carbons (Fsp3) is 0.929. The van der Waals surface area contributed by atoms with Crippen molar-refractivity contribution in [2.75, 3.05) is 39.8 Å². The standard InChI is InChI=1S/C14H26N2O/c1-15-8-5-9-16(11-10-15)12-14(13-17)6-3-2-4-7-14/h13H,2-12H2,1H3. The Hall–Kier alpha value is -0.410. The zero-order chi connectivity index (χ0) is 12.1. The fourth-order valence-electron chi connectivity index (χ4n) is 3.27. The second-order valence-corrected chi connectivity index (χ2v) is 5.97. The molecular formula is C14H26N2O. The van der Waals surface area contributed by atoms with Gasteiger partial charge in [-0.2, -0.15) is 0 Å². The molecule has 98 valence electrons. The zero-order valence-electron chi connectivity index (χ0n) is 11.2. The summed E-state index contributed by atoms with van der Waals surface area (Å²) in [7, 11) is 2.19. The first-order valence-electron chi connectivity index (χ1n) is 7.11. The lowest BCUT2D eigenvalue weighted by atomic mass is 9.75. The maximum Gasteiger partial charge on any atom is 0.127 e. The van der Waals surface area contributed by atoms with Gasteiger partial charge in [-0.15, -0.1) is 0 Å². The zero-order valence-corrected chi connectivity index (χ0v) is 11.2. The van der Waals surface area contributed by atoms with Crippen molar-refractivity contribution in [3.63, 3.8) is 0 Å². The molecular weight excluding hydrogens is 212 g/mol. The number of hydrogen-bond acceptors (Lipinski definition) is 3. The van der Waals surface area contributed by atoms with Crippen LogP contribution in [0.3, 0.4) is 0 Å². The number of hydrogen-bond donors (Lipinski definition) is 0. The van der Waals surface area contributed by atoms with E-state index < -0.39 is 0 Å². The molecule has 1 aliphatic carbocycles. The molecule has 1 heterocycles. The highest BCUT2D eigenvalue weighted by Crippen LogP contribution is 2.35. The first kappa shape index (κ1) is 13.0. The third kappa shape index (κ3) is 3.52. The van der Waals surface area contributed by atoms with E-state index in [9.17, 15) is 4.79 Å². The molecule has 3 heteroatoms. The summed E-state index contributed by atoms with van der Waals surface area (Å²) in [4.78, 5) is 16.4. The summed E-state index contributed by atoms with van der Waals surface area (Å²) in [6.45, 7) is 5.65. The van der Waals surface area contributed by atoms with E-state index in [1.54, 1.807) is 0 Å². The Balaban J connectivity index is 1.91. The Kier molecular flexibility index (Phi) is 4.57. The molecule has 17 heavy (non-hydrogen) atoms. The third-order valence-corrected chi connectivity index (χ3v) is 4.45. The van der Waals surface area contributed by atoms with Gasteiger partial charge in [0.1, 0.15) is 6.29 Å². The van der Waals surface area contributed by atoms with Crippen molar-refractivity contribution in [1.29, 1.82) is 0 Å². The molecule has 0 bridgehead atoms. The predicted molar refractivity (Wildman–Crippen MR) is 70.1 cm³/mol. The smallest absolute Gasteiger partial charge is 0.127 e. The lowest BCUT2D eigenvalue weighted by Crippen LogP contribution is -2.41. The molecule has 2 fully saturated rings. The summed E-state index contributed by atoms with van der Waals surface area (Å²) in [5.41, 5.74) is -0.0127. The van der Waals surface area contributed by atoms with Gasteiger partial charge < -0.3 is 14.6 Å². The summed E-state index contributed by atoms with van der Waals surface area (Å²) in [6, 6.07) is 0. The van der Waals surface area contributed by atoms with E-state index >= 15 is 0 Å². The van der Waals surface area contributed by atoms with Gasteiger partial charge in [-0.25, -0.2) is 0 Å². The van der Waals surface area contributed by atoms with Crippen molar-refractivity contribution in [3.8, 4) is 0 Å². The quantitative estimate of drug-likeness (QED) is 0.700. The van der Waals surface area contributed by atoms with Crippen LogP contribution in [0.5, 0.6) is 0 Å². The van der Waals surface area contributed by atoms with Gasteiger partial charge >= 0.3 is 0 Å². The van der Waals surface area contributed by atoms with Crippen molar-refractivity contribution in [3.05, 3.63) is 0 Å². The summed E-state index contributed by atoms with van der Waals surface area (Å²) >= 11 is 0. The molecule has 0 unspecified atom stereocenters. The highest BCUT2D eigenvalue weighted by molar-refractivity contribution is 5.60. The Morgan fingerprint density at radius 2 is 1.76 bits per heavy atom. The second-order valence-electron chi connectivity index (χ2n) is 5.97. The van der Waals surface area contributed by atoms with E-state index in [0.717, 1.165) is 32.5 Å². The minimum Gasteiger partial charge on any atom is -0.305 e. The molecule has 1 saturated carbocycles. The van der Waals surface area contributed by atoms with Crippen molar-refractivity contribution in [2.24, 2.45) is 5.41 Å². The van der Waals surface area contributed by atoms with E-state index in [4.69, 9.17) is 0 Å². The largest absolute Gasteiger partial charge is 0.305 e. The second kappa shape index (κ2) is 5.96. The van der Waals surface area contributed by atoms with Crippen LogP contribution >= 0.6 is 0 Å². The van der Waals surface area contributed by atoms with Crippen molar-refractivity contribution < 1.29 is 4.79 Å². The first-order valence-corrected chi connectivity index (χ1v) is 7.11. The lowest BCUT2D eigenvalue weighted by molar-refractivity contribution is -0.119. The Morgan fingerprint density at radius 3 is 2.47 bits per heavy atom. The highest BCUT2D eigenvalue weighted by Gasteiger charge is 2.33. The van der Waals surface area contributed by atoms with Crippen LogP contribution in [0, 0.1) is 5.41 Å². The number of aldehydes is 1. The van der Waals surface area contributed by atoms with E-state index in [2.05, 4.69) is 16.8 Å². The lowest BCUT2D eigenvalue weighted by Gasteiger charge is -2.36. The molecule has 0 amide bonds. The maximum absolute atomic E-state index is 11.5. The molecule has 1 saturated heterocycles. The SMILES string of the molecule is CN1CCCN(CC2(C=O)CCCCC2)CC1. The summed E-state index contributed by atoms with van der Waals surface area (Å²) in [5, 5.41) is 0. The number of likely N-dealkylation sites (N-methyl/N-ethyl adjacent to an activating group) is 1. The van der Waals surface area contributed by atoms with Crippen LogP contribution in [0.1, 0.15) is 38.5 Å². The molecule has 0 spiro atoms. The molecule has 2 aliphatic rings. The van der Waals surface area contributed by atoms with Crippen LogP contribution in [0.4, 0.5) is 0 Å². The van der Waals surface area contributed by atoms with Gasteiger partial charge in [0.15, 0.2) is 0 Å². The minimum absolute atomic E-state index is 0.0127. The number of carbonyl (C=O) groups excluding carboxylic acids is 1. The minimum atomic E-state index is -0.0127. The normalized spacial score (nSPS) is 27.6. The molecule has 0 aromatic heterocycles. The first-order chi connectivity index (χ1) is 8.24. The van der Waals surface area contributed by atoms with Crippen LogP contribution < -0.4 is 0 Å². The van der Waals surface area contributed by atoms with E-state index in [1.807, 2.05) is 0 Å². The Bertz CT molecular complexity index is 249. The molecule has 0 aromatic rings. The third-order valence-electron chi connectivity index (χ3n) is 4.45. The van der Waals surface area contributed by atoms with Gasteiger partial charge in [0.05, 0.1) is 0 Å². The van der Waals surface area contributed by atoms with Crippen LogP contribution in [0.25, 0.3) is 0 Å². The van der Waals surface area contributed by atoms with E-state index in [0.29, 0.717) is 0 Å². The number of carbonyl (C=O) groups is 1. The average Bonchev–Trinajstić information content (AvgIpc) is 2.56. The van der Waals surface area contributed by atoms with Crippen molar-refractivity contribution >= 4 is 6.29 Å². The van der Waals surface area contributed by atoms with Crippen LogP contribution in [0.2, 0.25) is 0 Å². The van der Waals surface area contributed by atoms with Gasteiger partial charge in [0.25, 0.3) is 0 Å². The Morgan fingerprint density at radius 1 is 1.00 bits per heavy atom. The summed E-state index contributed by atoms with van der Waals surface area (Å²) < 4.78 is 0. The van der Waals surface area contributed by atoms with Crippen LogP contribution in [-0.4, -0.2) is 55.9 Å². The van der Waals surface area contributed by atoms with Crippen molar-refractivity contribution in [2.45, 2.75) is 38.5 Å². The van der Waals surface area contributed by atoms with Gasteiger partial charge in [-0.3, -0.25) is 0 Å². The van der Waals surface area contributed by atoms with Gasteiger partial charge in [-0.05, 0) is 39.4 Å². The van der Waals surface area contributed by atoms with E-state index in [1.165, 1.54) is 45.1 Å². The summed E-state index contributed by atoms with van der Waals surface area (Å²) in [5.74, 6) is 0. The molecule has 2 rings (SSSR count). The maximum atomic E-state index is 11.5. The predicted octanol–water partition coefficient (Wildman–Crippen LogP) is 1.77. The fourth-order valence-corrected chi connectivity index (χ4v) is 3.27. The van der Waals surface area contributed by atoms with Crippen LogP contribution in [-0.2, 0) is 4.79 Å². The highest BCUT2D eigenvalue weighted by atomic mass is 16.1. The molecule has 0 aromatic carbocycles. The van der Waals surface area contributed by atoms with Gasteiger partial charge in [0, 0.05) is 25.0 Å². The molecule has 0 radical (unpaired) electrons. The molecule has 0 N–H and O–H groups in total. The topological polar surface area (TPSA) is 23.6 Å². The van der Waals surface area contributed by atoms with Crippen molar-refractivity contribution in [1.82, 2.24) is 9.80 Å². The molecule has 1 aliphatic heterocycles. The molecule has 0 atom stereocenters. The number of nitrogens with zero attached hydrogens (tertiary/aromatic N) is 2. The van der Waals surface area contributed by atoms with Crippen LogP contribution in [0.15, 0.2) is 0 Å². The summed E-state index contributed by atoms with van der Waals surface area (Å²) in [6.07, 6.45) is 8.54. The average molecular weight is 238 g/mol. The number of rotatable bonds is 3. The molecule has 3 nitrogen and oxygen atoms in total. The monoisotopic (exact) mass is 238 g/mol. The van der Waals surface area contributed by atoms with Gasteiger partial charge in [-0.1, -0.05) is 19.3 Å². The van der Waals surface area contributed by atoms with E-state index in [-0.39, 0.29) is 5.41 Å². The Labute approximate surface area is 105 Å². The van der Waals surface area contributed by atoms with Gasteiger partial charge in [0.2, 0.25) is 0 Å².